The summed E-state index contributed by atoms with van der Waals surface area (Å²) in [6, 6.07) is 9.24. The van der Waals surface area contributed by atoms with Gasteiger partial charge in [-0.05, 0) is 54.4 Å². The fraction of sp³-hybridized carbons (Fsp3) is 0.500. The molecule has 1 aliphatic heterocycles. The second-order valence-corrected chi connectivity index (χ2v) is 9.25. The largest absolute Gasteiger partial charge is 0.373 e. The molecule has 1 saturated carbocycles. The van der Waals surface area contributed by atoms with Crippen molar-refractivity contribution in [3.8, 4) is 6.07 Å². The quantitative estimate of drug-likeness (QED) is 0.613. The molecule has 0 spiro atoms. The lowest BCUT2D eigenvalue weighted by Crippen LogP contribution is -2.33. The standard InChI is InChI=1S/C22H28N4O2/c1-15(27)24-17-5-7-18(8-6-17)25-20(28)16(11-23)12-26-14-22(4)10-19(26)9-21(2,3)13-22/h5-8,12,19H,9-10,13-14H2,1-4H3,(H,24,27)(H,25,28)/b16-12-. The van der Waals surface area contributed by atoms with Crippen molar-refractivity contribution in [3.05, 3.63) is 36.0 Å². The maximum atomic E-state index is 12.6. The molecule has 2 aliphatic rings. The van der Waals surface area contributed by atoms with Crippen LogP contribution in [0, 0.1) is 22.2 Å². The van der Waals surface area contributed by atoms with Crippen molar-refractivity contribution in [2.45, 2.75) is 53.0 Å². The van der Waals surface area contributed by atoms with E-state index in [9.17, 15) is 14.9 Å². The van der Waals surface area contributed by atoms with Gasteiger partial charge in [0, 0.05) is 37.1 Å². The third kappa shape index (κ3) is 4.53. The third-order valence-electron chi connectivity index (χ3n) is 5.58. The lowest BCUT2D eigenvalue weighted by Gasteiger charge is -2.39. The highest BCUT2D eigenvalue weighted by atomic mass is 16.2. The molecule has 6 heteroatoms. The molecular weight excluding hydrogens is 352 g/mol. The number of likely N-dealkylation sites (tertiary alicyclic amines) is 1. The number of amides is 2. The normalized spacial score (nSPS) is 25.8. The van der Waals surface area contributed by atoms with Crippen LogP contribution in [-0.2, 0) is 9.59 Å². The van der Waals surface area contributed by atoms with Crippen LogP contribution < -0.4 is 10.6 Å². The Balaban J connectivity index is 1.70. The highest BCUT2D eigenvalue weighted by molar-refractivity contribution is 6.06. The van der Waals surface area contributed by atoms with E-state index in [1.165, 1.54) is 6.92 Å². The van der Waals surface area contributed by atoms with E-state index < -0.39 is 5.91 Å². The number of nitrogens with zero attached hydrogens (tertiary/aromatic N) is 2. The maximum absolute atomic E-state index is 12.6. The van der Waals surface area contributed by atoms with Crippen LogP contribution in [-0.4, -0.2) is 29.3 Å². The van der Waals surface area contributed by atoms with E-state index in [4.69, 9.17) is 0 Å². The summed E-state index contributed by atoms with van der Waals surface area (Å²) >= 11 is 0. The summed E-state index contributed by atoms with van der Waals surface area (Å²) in [6.07, 6.45) is 5.08. The maximum Gasteiger partial charge on any atom is 0.267 e. The van der Waals surface area contributed by atoms with Gasteiger partial charge in [0.1, 0.15) is 11.6 Å². The number of anilines is 2. The Morgan fingerprint density at radius 2 is 1.75 bits per heavy atom. The molecule has 1 aromatic rings. The Morgan fingerprint density at radius 1 is 1.14 bits per heavy atom. The van der Waals surface area contributed by atoms with Crippen molar-refractivity contribution in [2.24, 2.45) is 10.8 Å². The lowest BCUT2D eigenvalue weighted by atomic mass is 9.65. The molecule has 1 saturated heterocycles. The predicted molar refractivity (Wildman–Crippen MR) is 109 cm³/mol. The summed E-state index contributed by atoms with van der Waals surface area (Å²) in [6.45, 7) is 9.22. The van der Waals surface area contributed by atoms with Gasteiger partial charge in [0.05, 0.1) is 0 Å². The van der Waals surface area contributed by atoms with Crippen molar-refractivity contribution in [2.75, 3.05) is 17.2 Å². The van der Waals surface area contributed by atoms with Gasteiger partial charge in [-0.15, -0.1) is 0 Å². The van der Waals surface area contributed by atoms with Crippen LogP contribution in [0.3, 0.4) is 0 Å². The van der Waals surface area contributed by atoms with Gasteiger partial charge >= 0.3 is 0 Å². The number of nitrogens with one attached hydrogen (secondary N) is 2. The zero-order chi connectivity index (χ0) is 20.5. The number of hydrogen-bond donors (Lipinski definition) is 2. The van der Waals surface area contributed by atoms with Gasteiger partial charge in [0.25, 0.3) is 5.91 Å². The monoisotopic (exact) mass is 380 g/mol. The molecule has 0 aromatic heterocycles. The van der Waals surface area contributed by atoms with Crippen molar-refractivity contribution in [1.29, 1.82) is 5.26 Å². The Kier molecular flexibility index (Phi) is 5.20. The van der Waals surface area contributed by atoms with Crippen molar-refractivity contribution >= 4 is 23.2 Å². The van der Waals surface area contributed by atoms with Crippen LogP contribution in [0.4, 0.5) is 11.4 Å². The SMILES string of the molecule is CC(=O)Nc1ccc(NC(=O)/C(C#N)=C\N2CC3(C)CC2CC(C)(C)C3)cc1. The summed E-state index contributed by atoms with van der Waals surface area (Å²) in [5, 5.41) is 15.0. The molecule has 28 heavy (non-hydrogen) atoms. The van der Waals surface area contributed by atoms with E-state index >= 15 is 0 Å². The molecule has 2 bridgehead atoms. The Morgan fingerprint density at radius 3 is 2.32 bits per heavy atom. The topological polar surface area (TPSA) is 85.2 Å². The fourth-order valence-corrected chi connectivity index (χ4v) is 5.00. The number of rotatable bonds is 4. The van der Waals surface area contributed by atoms with E-state index in [1.807, 2.05) is 6.07 Å². The lowest BCUT2D eigenvalue weighted by molar-refractivity contribution is -0.114. The van der Waals surface area contributed by atoms with E-state index in [2.05, 4.69) is 36.3 Å². The third-order valence-corrected chi connectivity index (χ3v) is 5.58. The molecule has 1 aliphatic carbocycles. The van der Waals surface area contributed by atoms with E-state index in [0.717, 1.165) is 25.8 Å². The fourth-order valence-electron chi connectivity index (χ4n) is 5.00. The molecule has 2 fully saturated rings. The van der Waals surface area contributed by atoms with E-state index in [-0.39, 0.29) is 22.3 Å². The molecule has 2 amide bonds. The Hall–Kier alpha value is -2.81. The second kappa shape index (κ2) is 7.31. The van der Waals surface area contributed by atoms with Crippen molar-refractivity contribution in [1.82, 2.24) is 4.90 Å². The number of fused-ring (bicyclic) bond motifs is 2. The highest BCUT2D eigenvalue weighted by Gasteiger charge is 2.48. The zero-order valence-corrected chi connectivity index (χ0v) is 17.0. The average molecular weight is 380 g/mol. The van der Waals surface area contributed by atoms with Gasteiger partial charge in [-0.25, -0.2) is 0 Å². The molecule has 3 rings (SSSR count). The van der Waals surface area contributed by atoms with Gasteiger partial charge in [0.15, 0.2) is 0 Å². The van der Waals surface area contributed by atoms with Crippen molar-refractivity contribution < 1.29 is 9.59 Å². The molecule has 6 nitrogen and oxygen atoms in total. The molecular formula is C22H28N4O2. The molecule has 1 aromatic carbocycles. The minimum Gasteiger partial charge on any atom is -0.373 e. The minimum atomic E-state index is -0.416. The molecule has 1 heterocycles. The number of carbonyl (C=O) groups excluding carboxylic acids is 2. The van der Waals surface area contributed by atoms with Gasteiger partial charge in [-0.1, -0.05) is 20.8 Å². The van der Waals surface area contributed by atoms with Crippen molar-refractivity contribution in [3.63, 3.8) is 0 Å². The summed E-state index contributed by atoms with van der Waals surface area (Å²) in [7, 11) is 0. The highest BCUT2D eigenvalue weighted by Crippen LogP contribution is 2.52. The van der Waals surface area contributed by atoms with Gasteiger partial charge in [-0.2, -0.15) is 5.26 Å². The summed E-state index contributed by atoms with van der Waals surface area (Å²) in [5.41, 5.74) is 1.86. The van der Waals surface area contributed by atoms with Crippen LogP contribution in [0.15, 0.2) is 36.0 Å². The number of benzene rings is 1. The predicted octanol–water partition coefficient (Wildman–Crippen LogP) is 3.89. The van der Waals surface area contributed by atoms with Crippen LogP contribution in [0.25, 0.3) is 0 Å². The van der Waals surface area contributed by atoms with Crippen LogP contribution in [0.2, 0.25) is 0 Å². The summed E-state index contributed by atoms with van der Waals surface area (Å²) < 4.78 is 0. The van der Waals surface area contributed by atoms with E-state index in [0.29, 0.717) is 17.4 Å². The summed E-state index contributed by atoms with van der Waals surface area (Å²) in [5.74, 6) is -0.570. The number of nitriles is 1. The van der Waals surface area contributed by atoms with Gasteiger partial charge < -0.3 is 15.5 Å². The summed E-state index contributed by atoms with van der Waals surface area (Å²) in [4.78, 5) is 25.9. The average Bonchev–Trinajstić information content (AvgIpc) is 2.81. The first-order chi connectivity index (χ1) is 13.1. The van der Waals surface area contributed by atoms with Gasteiger partial charge in [-0.3, -0.25) is 9.59 Å². The molecule has 148 valence electrons. The number of hydrogen-bond acceptors (Lipinski definition) is 4. The van der Waals surface area contributed by atoms with Crippen LogP contribution in [0.1, 0.15) is 47.0 Å². The first-order valence-corrected chi connectivity index (χ1v) is 9.66. The zero-order valence-electron chi connectivity index (χ0n) is 17.0. The molecule has 2 N–H and O–H groups in total. The Labute approximate surface area is 166 Å². The van der Waals surface area contributed by atoms with Crippen LogP contribution >= 0.6 is 0 Å². The molecule has 0 radical (unpaired) electrons. The second-order valence-electron chi connectivity index (χ2n) is 9.25. The van der Waals surface area contributed by atoms with E-state index in [1.54, 1.807) is 30.5 Å². The minimum absolute atomic E-state index is 0.111. The first kappa shape index (κ1) is 19.9. The smallest absolute Gasteiger partial charge is 0.267 e. The first-order valence-electron chi connectivity index (χ1n) is 9.66. The van der Waals surface area contributed by atoms with Gasteiger partial charge in [0.2, 0.25) is 5.91 Å². The Bertz CT molecular complexity index is 850. The molecule has 2 unspecified atom stereocenters. The number of carbonyl (C=O) groups is 2. The molecule has 2 atom stereocenters. The van der Waals surface area contributed by atoms with Crippen LogP contribution in [0.5, 0.6) is 0 Å².